The third-order valence-corrected chi connectivity index (χ3v) is 12.4. The molecule has 0 bridgehead atoms. The van der Waals surface area contributed by atoms with Gasteiger partial charge in [-0.25, -0.2) is 4.79 Å². The molecule has 10 nitrogen and oxygen atoms in total. The molecule has 12 heteroatoms. The lowest BCUT2D eigenvalue weighted by Gasteiger charge is -2.41. The van der Waals surface area contributed by atoms with Crippen molar-refractivity contribution >= 4 is 46.7 Å². The van der Waals surface area contributed by atoms with Gasteiger partial charge in [-0.1, -0.05) is 90.6 Å². The van der Waals surface area contributed by atoms with E-state index in [1.165, 1.54) is 0 Å². The van der Waals surface area contributed by atoms with Gasteiger partial charge in [0.05, 0.1) is 33.4 Å². The van der Waals surface area contributed by atoms with Crippen LogP contribution in [-0.2, 0) is 40.4 Å². The number of amides is 2. The summed E-state index contributed by atoms with van der Waals surface area (Å²) in [6.45, 7) is 0.796. The Balaban J connectivity index is 0.971. The van der Waals surface area contributed by atoms with E-state index in [0.29, 0.717) is 57.9 Å². The normalized spacial score (nSPS) is 18.3. The Hall–Kier alpha value is -5.86. The summed E-state index contributed by atoms with van der Waals surface area (Å²) in [5, 5.41) is 23.2. The second-order valence-electron chi connectivity index (χ2n) is 15.4. The zero-order valence-electron chi connectivity index (χ0n) is 32.4. The topological polar surface area (TPSA) is 132 Å². The number of carboxylic acid groups (broad SMARTS) is 1. The molecule has 3 aliphatic rings. The fourth-order valence-corrected chi connectivity index (χ4v) is 8.66. The number of likely N-dealkylation sites (N-methyl/N-ethyl adjacent to an activating group) is 1. The number of nitrogens with one attached hydrogen (secondary N) is 1. The Morgan fingerprint density at radius 3 is 2.24 bits per heavy atom. The van der Waals surface area contributed by atoms with Crippen LogP contribution in [0.15, 0.2) is 103 Å². The van der Waals surface area contributed by atoms with Crippen molar-refractivity contribution in [2.75, 3.05) is 11.9 Å². The Bertz CT molecular complexity index is 2430. The van der Waals surface area contributed by atoms with Crippen LogP contribution in [0.2, 0.25) is 10.0 Å². The van der Waals surface area contributed by atoms with Crippen molar-refractivity contribution in [2.24, 2.45) is 0 Å². The van der Waals surface area contributed by atoms with Gasteiger partial charge >= 0.3 is 5.97 Å². The first-order valence-corrected chi connectivity index (χ1v) is 20.5. The zero-order valence-corrected chi connectivity index (χ0v) is 33.9. The fraction of sp³-hybridized carbons (Fsp3) is 0.277. The van der Waals surface area contributed by atoms with E-state index in [1.807, 2.05) is 66.7 Å². The van der Waals surface area contributed by atoms with Crippen LogP contribution in [0.3, 0.4) is 0 Å². The number of hydrogen-bond donors (Lipinski definition) is 2. The van der Waals surface area contributed by atoms with Gasteiger partial charge in [0.25, 0.3) is 5.91 Å². The monoisotopic (exact) mass is 828 g/mol. The SMILES string of the molecule is CN1C(=O)C(c2ccc(OCc3ccc(Cl)c(Cl)c3)cc2)Oc2cc3c(cc21)CC(C(=O)N[C@@H](Cc1ccc(-c2ccc(C#N)cc2)cc1)C(=O)O)N(C1CCCC1)C3. The molecule has 0 aromatic heterocycles. The first kappa shape index (κ1) is 39.9. The number of benzene rings is 5. The van der Waals surface area contributed by atoms with E-state index in [9.17, 15) is 19.5 Å². The molecule has 59 heavy (non-hydrogen) atoms. The molecule has 2 heterocycles. The van der Waals surface area contributed by atoms with Crippen molar-refractivity contribution in [3.05, 3.63) is 147 Å². The molecule has 1 fully saturated rings. The van der Waals surface area contributed by atoms with Crippen LogP contribution < -0.4 is 19.7 Å². The molecule has 5 aromatic rings. The third-order valence-electron chi connectivity index (χ3n) is 11.6. The van der Waals surface area contributed by atoms with Gasteiger partial charge in [-0.05, 0) is 101 Å². The number of nitrogens with zero attached hydrogens (tertiary/aromatic N) is 3. The van der Waals surface area contributed by atoms with E-state index in [0.717, 1.165) is 59.1 Å². The summed E-state index contributed by atoms with van der Waals surface area (Å²) in [7, 11) is 1.73. The number of ether oxygens (including phenoxy) is 2. The Morgan fingerprint density at radius 2 is 1.58 bits per heavy atom. The molecule has 2 unspecified atom stereocenters. The van der Waals surface area contributed by atoms with Crippen LogP contribution in [-0.4, -0.2) is 53.0 Å². The Labute approximate surface area is 352 Å². The highest BCUT2D eigenvalue weighted by Crippen LogP contribution is 2.43. The molecule has 0 radical (unpaired) electrons. The zero-order chi connectivity index (χ0) is 41.2. The maximum atomic E-state index is 14.2. The van der Waals surface area contributed by atoms with E-state index in [2.05, 4.69) is 16.3 Å². The maximum Gasteiger partial charge on any atom is 0.326 e. The minimum atomic E-state index is -1.13. The van der Waals surface area contributed by atoms with E-state index in [1.54, 1.807) is 48.3 Å². The number of hydrogen-bond acceptors (Lipinski definition) is 7. The first-order valence-electron chi connectivity index (χ1n) is 19.7. The minimum Gasteiger partial charge on any atom is -0.489 e. The van der Waals surface area contributed by atoms with Gasteiger partial charge in [-0.2, -0.15) is 5.26 Å². The fourth-order valence-electron chi connectivity index (χ4n) is 8.33. The summed E-state index contributed by atoms with van der Waals surface area (Å²) in [5.41, 5.74) is 7.36. The van der Waals surface area contributed by atoms with Crippen molar-refractivity contribution in [3.8, 4) is 28.7 Å². The second kappa shape index (κ2) is 17.2. The number of carboxylic acids is 1. The van der Waals surface area contributed by atoms with Gasteiger partial charge < -0.3 is 24.8 Å². The summed E-state index contributed by atoms with van der Waals surface area (Å²) in [6.07, 6.45) is 3.69. The number of fused-ring (bicyclic) bond motifs is 2. The average Bonchev–Trinajstić information content (AvgIpc) is 3.80. The molecular formula is C47H42Cl2N4O6. The summed E-state index contributed by atoms with van der Waals surface area (Å²) in [5.74, 6) is -0.451. The molecule has 2 N–H and O–H groups in total. The van der Waals surface area contributed by atoms with Gasteiger partial charge in [0.2, 0.25) is 12.0 Å². The quantitative estimate of drug-likeness (QED) is 0.135. The number of rotatable bonds is 11. The predicted molar refractivity (Wildman–Crippen MR) is 226 cm³/mol. The summed E-state index contributed by atoms with van der Waals surface area (Å²) >= 11 is 12.2. The molecular weight excluding hydrogens is 787 g/mol. The van der Waals surface area contributed by atoms with E-state index in [-0.39, 0.29) is 24.3 Å². The molecule has 2 aliphatic heterocycles. The van der Waals surface area contributed by atoms with Crippen LogP contribution in [0.1, 0.15) is 65.2 Å². The number of aliphatic carboxylic acids is 1. The summed E-state index contributed by atoms with van der Waals surface area (Å²) in [6, 6.07) is 32.0. The Kier molecular flexibility index (Phi) is 11.6. The first-order chi connectivity index (χ1) is 28.5. The van der Waals surface area contributed by atoms with Crippen molar-refractivity contribution in [1.82, 2.24) is 10.2 Å². The van der Waals surface area contributed by atoms with Crippen molar-refractivity contribution in [3.63, 3.8) is 0 Å². The summed E-state index contributed by atoms with van der Waals surface area (Å²) in [4.78, 5) is 44.4. The van der Waals surface area contributed by atoms with Crippen molar-refractivity contribution in [2.45, 2.75) is 75.9 Å². The van der Waals surface area contributed by atoms with Crippen LogP contribution >= 0.6 is 23.2 Å². The number of carbonyl (C=O) groups excluding carboxylic acids is 2. The van der Waals surface area contributed by atoms with Crippen LogP contribution in [0.4, 0.5) is 5.69 Å². The van der Waals surface area contributed by atoms with Crippen LogP contribution in [0.5, 0.6) is 11.5 Å². The lowest BCUT2D eigenvalue weighted by Crippen LogP contribution is -2.56. The predicted octanol–water partition coefficient (Wildman–Crippen LogP) is 8.69. The summed E-state index contributed by atoms with van der Waals surface area (Å²) < 4.78 is 12.4. The number of carbonyl (C=O) groups is 3. The van der Waals surface area contributed by atoms with Gasteiger partial charge in [0.15, 0.2) is 0 Å². The average molecular weight is 830 g/mol. The number of nitriles is 1. The minimum absolute atomic E-state index is 0.120. The van der Waals surface area contributed by atoms with Gasteiger partial charge in [-0.3, -0.25) is 14.5 Å². The molecule has 3 atom stereocenters. The third kappa shape index (κ3) is 8.64. The molecule has 0 saturated heterocycles. The molecule has 5 aromatic carbocycles. The Morgan fingerprint density at radius 1 is 0.898 bits per heavy atom. The highest BCUT2D eigenvalue weighted by Gasteiger charge is 2.40. The molecule has 2 amide bonds. The van der Waals surface area contributed by atoms with Gasteiger partial charge in [-0.15, -0.1) is 0 Å². The highest BCUT2D eigenvalue weighted by atomic mass is 35.5. The molecule has 1 saturated carbocycles. The van der Waals surface area contributed by atoms with Crippen molar-refractivity contribution < 1.29 is 29.0 Å². The second-order valence-corrected chi connectivity index (χ2v) is 16.2. The molecule has 300 valence electrons. The van der Waals surface area contributed by atoms with Crippen molar-refractivity contribution in [1.29, 1.82) is 5.26 Å². The lowest BCUT2D eigenvalue weighted by atomic mass is 9.90. The van der Waals surface area contributed by atoms with Crippen LogP contribution in [0, 0.1) is 11.3 Å². The van der Waals surface area contributed by atoms with Crippen LogP contribution in [0.25, 0.3) is 11.1 Å². The highest BCUT2D eigenvalue weighted by molar-refractivity contribution is 6.42. The van der Waals surface area contributed by atoms with E-state index < -0.39 is 24.2 Å². The number of anilines is 1. The van der Waals surface area contributed by atoms with E-state index >= 15 is 0 Å². The standard InChI is InChI=1S/C47H42Cl2N4O6/c1-52-41-22-34-23-42(45(54)51-40(47(56)57)21-28-6-11-31(12-7-28)32-13-8-29(25-50)9-14-32)53(36-4-2-3-5-36)26-35(34)24-43(41)59-44(46(52)55)33-15-17-37(18-16-33)58-27-30-10-19-38(48)39(49)20-30/h6-20,22,24,36,40,42,44H,2-5,21,23,26-27H2,1H3,(H,51,54)(H,56,57)/t40-,42?,44?/m0/s1. The lowest BCUT2D eigenvalue weighted by molar-refractivity contribution is -0.143. The molecule has 8 rings (SSSR count). The van der Waals surface area contributed by atoms with E-state index in [4.69, 9.17) is 37.9 Å². The van der Waals surface area contributed by atoms with Gasteiger partial charge in [0, 0.05) is 31.6 Å². The molecule has 0 spiro atoms. The smallest absolute Gasteiger partial charge is 0.326 e. The largest absolute Gasteiger partial charge is 0.489 e. The van der Waals surface area contributed by atoms with Gasteiger partial charge in [0.1, 0.15) is 24.1 Å². The maximum absolute atomic E-state index is 14.2. The molecule has 1 aliphatic carbocycles. The number of halogens is 2.